The Morgan fingerprint density at radius 2 is 1.66 bits per heavy atom. The number of benzene rings is 2. The van der Waals surface area contributed by atoms with Crippen molar-refractivity contribution in [2.45, 2.75) is 30.6 Å². The van der Waals surface area contributed by atoms with Crippen molar-refractivity contribution in [3.63, 3.8) is 0 Å². The number of para-hydroxylation sites is 2. The number of hydrogen-bond donors (Lipinski definition) is 0. The molecule has 2 aromatic carbocycles. The molecule has 1 heterocycles. The molecule has 0 radical (unpaired) electrons. The number of nitrogens with zero attached hydrogens (tertiary/aromatic N) is 2. The van der Waals surface area contributed by atoms with Crippen molar-refractivity contribution in [3.05, 3.63) is 53.6 Å². The van der Waals surface area contributed by atoms with Crippen LogP contribution in [0.25, 0.3) is 0 Å². The lowest BCUT2D eigenvalue weighted by Gasteiger charge is -2.28. The molecule has 156 valence electrons. The molecular formula is C21H25ClN2O4S. The lowest BCUT2D eigenvalue weighted by molar-refractivity contribution is -0.129. The average Bonchev–Trinajstić information content (AvgIpc) is 3.02. The van der Waals surface area contributed by atoms with Crippen LogP contribution in [-0.4, -0.2) is 46.0 Å². The number of anilines is 1. The molecule has 1 aliphatic heterocycles. The summed E-state index contributed by atoms with van der Waals surface area (Å²) in [5.41, 5.74) is 0.327. The summed E-state index contributed by atoms with van der Waals surface area (Å²) in [5.74, 6) is 0.170. The zero-order valence-corrected chi connectivity index (χ0v) is 18.0. The Morgan fingerprint density at radius 1 is 1.03 bits per heavy atom. The van der Waals surface area contributed by atoms with E-state index < -0.39 is 10.0 Å². The maximum Gasteiger partial charge on any atom is 0.264 e. The predicted octanol–water partition coefficient (Wildman–Crippen LogP) is 3.95. The first-order valence-corrected chi connectivity index (χ1v) is 11.4. The Labute approximate surface area is 177 Å². The van der Waals surface area contributed by atoms with Gasteiger partial charge in [0.25, 0.3) is 10.0 Å². The minimum atomic E-state index is -4.00. The van der Waals surface area contributed by atoms with Crippen LogP contribution in [0.3, 0.4) is 0 Å². The molecular weight excluding hydrogens is 412 g/mol. The zero-order valence-electron chi connectivity index (χ0n) is 16.4. The molecule has 2 aromatic rings. The Kier molecular flexibility index (Phi) is 7.03. The molecule has 6 nitrogen and oxygen atoms in total. The largest absolute Gasteiger partial charge is 0.495 e. The lowest BCUT2D eigenvalue weighted by Crippen LogP contribution is -2.43. The molecule has 0 bridgehead atoms. The van der Waals surface area contributed by atoms with Gasteiger partial charge in [-0.3, -0.25) is 9.10 Å². The molecule has 3 rings (SSSR count). The molecule has 0 unspecified atom stereocenters. The van der Waals surface area contributed by atoms with Gasteiger partial charge in [0.1, 0.15) is 12.3 Å². The van der Waals surface area contributed by atoms with E-state index in [0.29, 0.717) is 29.5 Å². The van der Waals surface area contributed by atoms with E-state index in [1.807, 2.05) is 0 Å². The van der Waals surface area contributed by atoms with Crippen LogP contribution in [-0.2, 0) is 14.8 Å². The van der Waals surface area contributed by atoms with Crippen LogP contribution in [0, 0.1) is 0 Å². The quantitative estimate of drug-likeness (QED) is 0.687. The Morgan fingerprint density at radius 3 is 2.28 bits per heavy atom. The highest BCUT2D eigenvalue weighted by Gasteiger charge is 2.31. The van der Waals surface area contributed by atoms with Gasteiger partial charge in [0, 0.05) is 18.1 Å². The smallest absolute Gasteiger partial charge is 0.264 e. The van der Waals surface area contributed by atoms with Crippen LogP contribution in [0.5, 0.6) is 5.75 Å². The van der Waals surface area contributed by atoms with E-state index in [1.54, 1.807) is 29.2 Å². The van der Waals surface area contributed by atoms with Gasteiger partial charge in [-0.25, -0.2) is 8.42 Å². The molecule has 29 heavy (non-hydrogen) atoms. The van der Waals surface area contributed by atoms with Gasteiger partial charge in [0.2, 0.25) is 5.91 Å². The van der Waals surface area contributed by atoms with Gasteiger partial charge in [0.05, 0.1) is 17.7 Å². The lowest BCUT2D eigenvalue weighted by atomic mass is 10.2. The fraction of sp³-hybridized carbons (Fsp3) is 0.381. The number of carbonyl (C=O) groups is 1. The third kappa shape index (κ3) is 5.03. The highest BCUT2D eigenvalue weighted by Crippen LogP contribution is 2.32. The third-order valence-corrected chi connectivity index (χ3v) is 7.02. The molecule has 0 atom stereocenters. The van der Waals surface area contributed by atoms with Crippen molar-refractivity contribution >= 4 is 33.2 Å². The van der Waals surface area contributed by atoms with Gasteiger partial charge < -0.3 is 9.64 Å². The molecule has 0 saturated carbocycles. The summed E-state index contributed by atoms with van der Waals surface area (Å²) in [7, 11) is -2.52. The Bertz CT molecular complexity index is 939. The second-order valence-electron chi connectivity index (χ2n) is 6.93. The standard InChI is InChI=1S/C21H25ClN2O4S/c1-28-20-9-5-4-8-19(20)24(16-21(25)23-14-6-2-3-7-15-23)29(26,27)18-12-10-17(22)11-13-18/h4-5,8-13H,2-3,6-7,14-16H2,1H3. The van der Waals surface area contributed by atoms with Crippen molar-refractivity contribution in [1.29, 1.82) is 0 Å². The number of rotatable bonds is 6. The van der Waals surface area contributed by atoms with Crippen molar-refractivity contribution in [2.75, 3.05) is 31.0 Å². The molecule has 0 spiro atoms. The van der Waals surface area contributed by atoms with E-state index in [2.05, 4.69) is 0 Å². The van der Waals surface area contributed by atoms with E-state index in [1.165, 1.54) is 31.4 Å². The summed E-state index contributed by atoms with van der Waals surface area (Å²) in [6.07, 6.45) is 4.04. The van der Waals surface area contributed by atoms with Crippen LogP contribution in [0.1, 0.15) is 25.7 Å². The summed E-state index contributed by atoms with van der Waals surface area (Å²) in [4.78, 5) is 14.8. The summed E-state index contributed by atoms with van der Waals surface area (Å²) >= 11 is 5.92. The number of amides is 1. The van der Waals surface area contributed by atoms with Crippen molar-refractivity contribution in [2.24, 2.45) is 0 Å². The first-order valence-electron chi connectivity index (χ1n) is 9.62. The highest BCUT2D eigenvalue weighted by atomic mass is 35.5. The third-order valence-electron chi connectivity index (χ3n) is 4.99. The molecule has 1 amide bonds. The van der Waals surface area contributed by atoms with Crippen molar-refractivity contribution in [3.8, 4) is 5.75 Å². The SMILES string of the molecule is COc1ccccc1N(CC(=O)N1CCCCCC1)S(=O)(=O)c1ccc(Cl)cc1. The van der Waals surface area contributed by atoms with Gasteiger partial charge in [0.15, 0.2) is 0 Å². The summed E-state index contributed by atoms with van der Waals surface area (Å²) in [5, 5.41) is 0.438. The van der Waals surface area contributed by atoms with Crippen molar-refractivity contribution < 1.29 is 17.9 Å². The first-order chi connectivity index (χ1) is 13.9. The van der Waals surface area contributed by atoms with E-state index >= 15 is 0 Å². The summed E-state index contributed by atoms with van der Waals surface area (Å²) < 4.78 is 33.4. The molecule has 1 aliphatic rings. The molecule has 1 saturated heterocycles. The van der Waals surface area contributed by atoms with Crippen LogP contribution >= 0.6 is 11.6 Å². The van der Waals surface area contributed by atoms with E-state index in [0.717, 1.165) is 30.0 Å². The van der Waals surface area contributed by atoms with Crippen LogP contribution in [0.2, 0.25) is 5.02 Å². The monoisotopic (exact) mass is 436 g/mol. The second-order valence-corrected chi connectivity index (χ2v) is 9.23. The molecule has 8 heteroatoms. The van der Waals surface area contributed by atoms with Crippen molar-refractivity contribution in [1.82, 2.24) is 4.90 Å². The normalized spacial score (nSPS) is 14.9. The van der Waals surface area contributed by atoms with Crippen LogP contribution in [0.15, 0.2) is 53.4 Å². The van der Waals surface area contributed by atoms with Gasteiger partial charge in [-0.05, 0) is 49.2 Å². The second kappa shape index (κ2) is 9.50. The number of hydrogen-bond acceptors (Lipinski definition) is 4. The molecule has 0 aliphatic carbocycles. The average molecular weight is 437 g/mol. The number of sulfonamides is 1. The van der Waals surface area contributed by atoms with Gasteiger partial charge >= 0.3 is 0 Å². The van der Waals surface area contributed by atoms with Gasteiger partial charge in [-0.2, -0.15) is 0 Å². The van der Waals surface area contributed by atoms with Gasteiger partial charge in [-0.1, -0.05) is 36.6 Å². The number of carbonyl (C=O) groups excluding carboxylic acids is 1. The van der Waals surface area contributed by atoms with E-state index in [4.69, 9.17) is 16.3 Å². The fourth-order valence-electron chi connectivity index (χ4n) is 3.41. The Hall–Kier alpha value is -2.25. The molecule has 1 fully saturated rings. The maximum atomic E-state index is 13.5. The minimum absolute atomic E-state index is 0.0662. The minimum Gasteiger partial charge on any atom is -0.495 e. The molecule has 0 aromatic heterocycles. The number of halogens is 1. The number of ether oxygens (including phenoxy) is 1. The fourth-order valence-corrected chi connectivity index (χ4v) is 4.96. The first kappa shape index (κ1) is 21.5. The van der Waals surface area contributed by atoms with E-state index in [-0.39, 0.29) is 17.3 Å². The van der Waals surface area contributed by atoms with Crippen LogP contribution in [0.4, 0.5) is 5.69 Å². The van der Waals surface area contributed by atoms with Crippen LogP contribution < -0.4 is 9.04 Å². The summed E-state index contributed by atoms with van der Waals surface area (Å²) in [6, 6.07) is 12.7. The highest BCUT2D eigenvalue weighted by molar-refractivity contribution is 7.92. The number of methoxy groups -OCH3 is 1. The molecule has 0 N–H and O–H groups in total. The topological polar surface area (TPSA) is 66.9 Å². The zero-order chi connectivity index (χ0) is 20.9. The van der Waals surface area contributed by atoms with E-state index in [9.17, 15) is 13.2 Å². The summed E-state index contributed by atoms with van der Waals surface area (Å²) in [6.45, 7) is 1.02. The van der Waals surface area contributed by atoms with Gasteiger partial charge in [-0.15, -0.1) is 0 Å². The maximum absolute atomic E-state index is 13.5. The Balaban J connectivity index is 1.99. The predicted molar refractivity (Wildman–Crippen MR) is 114 cm³/mol. The number of likely N-dealkylation sites (tertiary alicyclic amines) is 1.